The molecule has 1 aromatic heterocycles. The molecule has 0 saturated carbocycles. The summed E-state index contributed by atoms with van der Waals surface area (Å²) < 4.78 is 11.2. The summed E-state index contributed by atoms with van der Waals surface area (Å²) in [4.78, 5) is 18.9. The third kappa shape index (κ3) is 3.39. The highest BCUT2D eigenvalue weighted by atomic mass is 16.6. The highest BCUT2D eigenvalue weighted by Crippen LogP contribution is 2.33. The van der Waals surface area contributed by atoms with E-state index >= 15 is 0 Å². The Labute approximate surface area is 137 Å². The standard InChI is InChI=1S/C18H24N2O3/c1-12-6-5-7-19-16(12)13-8-14-10-22-11-15(9-13)20(14)17(21)23-18(2,3)4/h5-8,14-15H,9-11H2,1-4H3. The second-order valence-corrected chi connectivity index (χ2v) is 7.21. The number of rotatable bonds is 1. The van der Waals surface area contributed by atoms with Gasteiger partial charge in [0.2, 0.25) is 0 Å². The molecule has 5 heteroatoms. The van der Waals surface area contributed by atoms with Gasteiger partial charge in [0.1, 0.15) is 5.60 Å². The predicted octanol–water partition coefficient (Wildman–Crippen LogP) is 3.18. The van der Waals surface area contributed by atoms with Crippen LogP contribution in [0, 0.1) is 6.92 Å². The Kier molecular flexibility index (Phi) is 4.15. The Balaban J connectivity index is 1.88. The van der Waals surface area contributed by atoms with Crippen LogP contribution < -0.4 is 0 Å². The summed E-state index contributed by atoms with van der Waals surface area (Å²) in [6, 6.07) is 3.92. The molecule has 5 nitrogen and oxygen atoms in total. The molecule has 0 aliphatic carbocycles. The molecule has 0 aromatic carbocycles. The molecule has 0 spiro atoms. The zero-order valence-electron chi connectivity index (χ0n) is 14.2. The van der Waals surface area contributed by atoms with Crippen molar-refractivity contribution in [2.45, 2.75) is 51.8 Å². The van der Waals surface area contributed by atoms with Gasteiger partial charge in [-0.2, -0.15) is 0 Å². The van der Waals surface area contributed by atoms with Crippen LogP contribution in [0.5, 0.6) is 0 Å². The molecule has 0 N–H and O–H groups in total. The van der Waals surface area contributed by atoms with E-state index in [4.69, 9.17) is 9.47 Å². The summed E-state index contributed by atoms with van der Waals surface area (Å²) in [6.07, 6.45) is 4.40. The van der Waals surface area contributed by atoms with Crippen molar-refractivity contribution in [1.82, 2.24) is 9.88 Å². The Morgan fingerprint density at radius 2 is 2.17 bits per heavy atom. The number of hydrogen-bond donors (Lipinski definition) is 0. The lowest BCUT2D eigenvalue weighted by Crippen LogP contribution is -2.57. The molecule has 1 saturated heterocycles. The van der Waals surface area contributed by atoms with Crippen LogP contribution in [0.3, 0.4) is 0 Å². The molecule has 2 unspecified atom stereocenters. The molecule has 1 fully saturated rings. The molecule has 3 heterocycles. The van der Waals surface area contributed by atoms with Gasteiger partial charge in [-0.25, -0.2) is 4.79 Å². The number of aryl methyl sites for hydroxylation is 1. The molecule has 23 heavy (non-hydrogen) atoms. The van der Waals surface area contributed by atoms with E-state index in [9.17, 15) is 4.79 Å². The maximum Gasteiger partial charge on any atom is 0.411 e. The number of ether oxygens (including phenoxy) is 2. The molecule has 2 bridgehead atoms. The van der Waals surface area contributed by atoms with Crippen molar-refractivity contribution in [3.8, 4) is 0 Å². The minimum atomic E-state index is -0.492. The maximum absolute atomic E-state index is 12.5. The molecule has 124 valence electrons. The van der Waals surface area contributed by atoms with Crippen LogP contribution in [0.25, 0.3) is 5.57 Å². The van der Waals surface area contributed by atoms with E-state index in [-0.39, 0.29) is 18.2 Å². The van der Waals surface area contributed by atoms with Crippen LogP contribution in [-0.4, -0.2) is 46.9 Å². The van der Waals surface area contributed by atoms with Crippen LogP contribution in [0.1, 0.15) is 38.4 Å². The van der Waals surface area contributed by atoms with Gasteiger partial charge in [0.15, 0.2) is 0 Å². The first-order valence-electron chi connectivity index (χ1n) is 8.07. The molecule has 1 aromatic rings. The molecule has 2 aliphatic heterocycles. The Bertz CT molecular complexity index is 633. The van der Waals surface area contributed by atoms with E-state index in [1.807, 2.05) is 37.9 Å². The Morgan fingerprint density at radius 3 is 2.83 bits per heavy atom. The monoisotopic (exact) mass is 316 g/mol. The van der Waals surface area contributed by atoms with Gasteiger partial charge in [0.25, 0.3) is 0 Å². The van der Waals surface area contributed by atoms with Crippen LogP contribution in [0.2, 0.25) is 0 Å². The zero-order chi connectivity index (χ0) is 16.6. The van der Waals surface area contributed by atoms with E-state index in [2.05, 4.69) is 24.1 Å². The fourth-order valence-electron chi connectivity index (χ4n) is 3.19. The molecular weight excluding hydrogens is 292 g/mol. The SMILES string of the molecule is Cc1cccnc1C1=CC2COCC(C1)N2C(=O)OC(C)(C)C. The molecule has 0 radical (unpaired) electrons. The number of carbonyl (C=O) groups is 1. The van der Waals surface area contributed by atoms with Crippen molar-refractivity contribution in [3.63, 3.8) is 0 Å². The van der Waals surface area contributed by atoms with Crippen molar-refractivity contribution in [3.05, 3.63) is 35.7 Å². The average molecular weight is 316 g/mol. The maximum atomic E-state index is 12.5. The van der Waals surface area contributed by atoms with Crippen molar-refractivity contribution < 1.29 is 14.3 Å². The van der Waals surface area contributed by atoms with Crippen LogP contribution >= 0.6 is 0 Å². The number of morpholine rings is 1. The molecular formula is C18H24N2O3. The number of pyridine rings is 1. The normalized spacial score (nSPS) is 24.2. The Hall–Kier alpha value is -1.88. The van der Waals surface area contributed by atoms with Crippen molar-refractivity contribution in [1.29, 1.82) is 0 Å². The van der Waals surface area contributed by atoms with Gasteiger partial charge in [-0.15, -0.1) is 0 Å². The van der Waals surface area contributed by atoms with Gasteiger partial charge in [-0.05, 0) is 51.3 Å². The van der Waals surface area contributed by atoms with Crippen LogP contribution in [0.4, 0.5) is 4.79 Å². The first kappa shape index (κ1) is 16.0. The van der Waals surface area contributed by atoms with E-state index in [0.29, 0.717) is 13.2 Å². The number of fused-ring (bicyclic) bond motifs is 2. The predicted molar refractivity (Wildman–Crippen MR) is 88.0 cm³/mol. The minimum absolute atomic E-state index is 0.00464. The quantitative estimate of drug-likeness (QED) is 0.798. The van der Waals surface area contributed by atoms with Gasteiger partial charge < -0.3 is 9.47 Å². The number of aromatic nitrogens is 1. The second-order valence-electron chi connectivity index (χ2n) is 7.21. The largest absolute Gasteiger partial charge is 0.444 e. The van der Waals surface area contributed by atoms with Gasteiger partial charge in [0.05, 0.1) is 31.0 Å². The molecule has 2 atom stereocenters. The lowest BCUT2D eigenvalue weighted by atomic mass is 9.91. The van der Waals surface area contributed by atoms with Gasteiger partial charge in [-0.1, -0.05) is 12.1 Å². The highest BCUT2D eigenvalue weighted by molar-refractivity contribution is 5.74. The third-order valence-electron chi connectivity index (χ3n) is 4.12. The van der Waals surface area contributed by atoms with Crippen LogP contribution in [0.15, 0.2) is 24.4 Å². The smallest absolute Gasteiger partial charge is 0.411 e. The summed E-state index contributed by atoms with van der Waals surface area (Å²) in [5.41, 5.74) is 2.88. The van der Waals surface area contributed by atoms with Crippen molar-refractivity contribution in [2.75, 3.05) is 13.2 Å². The first-order chi connectivity index (χ1) is 10.8. The van der Waals surface area contributed by atoms with Gasteiger partial charge >= 0.3 is 6.09 Å². The van der Waals surface area contributed by atoms with E-state index in [0.717, 1.165) is 17.7 Å². The van der Waals surface area contributed by atoms with Crippen molar-refractivity contribution >= 4 is 11.7 Å². The number of hydrogen-bond acceptors (Lipinski definition) is 4. The van der Waals surface area contributed by atoms with Gasteiger partial charge in [0, 0.05) is 6.20 Å². The summed E-state index contributed by atoms with van der Waals surface area (Å²) in [7, 11) is 0. The molecule has 2 aliphatic rings. The van der Waals surface area contributed by atoms with Crippen LogP contribution in [-0.2, 0) is 9.47 Å². The molecule has 3 rings (SSSR count). The summed E-state index contributed by atoms with van der Waals surface area (Å²) in [6.45, 7) is 8.78. The van der Waals surface area contributed by atoms with Gasteiger partial charge in [-0.3, -0.25) is 9.88 Å². The first-order valence-corrected chi connectivity index (χ1v) is 8.07. The zero-order valence-corrected chi connectivity index (χ0v) is 14.2. The number of amides is 1. The number of nitrogens with zero attached hydrogens (tertiary/aromatic N) is 2. The Morgan fingerprint density at radius 1 is 1.39 bits per heavy atom. The average Bonchev–Trinajstić information content (AvgIpc) is 2.44. The molecule has 1 amide bonds. The van der Waals surface area contributed by atoms with E-state index < -0.39 is 5.60 Å². The van der Waals surface area contributed by atoms with Crippen molar-refractivity contribution in [2.24, 2.45) is 0 Å². The lowest BCUT2D eigenvalue weighted by Gasteiger charge is -2.44. The topological polar surface area (TPSA) is 51.7 Å². The number of carbonyl (C=O) groups excluding carboxylic acids is 1. The fourth-order valence-corrected chi connectivity index (χ4v) is 3.19. The fraction of sp³-hybridized carbons (Fsp3) is 0.556. The summed E-state index contributed by atoms with van der Waals surface area (Å²) >= 11 is 0. The second kappa shape index (κ2) is 5.96. The summed E-state index contributed by atoms with van der Waals surface area (Å²) in [5.74, 6) is 0. The minimum Gasteiger partial charge on any atom is -0.444 e. The van der Waals surface area contributed by atoms with E-state index in [1.165, 1.54) is 5.57 Å². The third-order valence-corrected chi connectivity index (χ3v) is 4.12. The lowest BCUT2D eigenvalue weighted by molar-refractivity contribution is -0.0511. The highest BCUT2D eigenvalue weighted by Gasteiger charge is 2.40. The summed E-state index contributed by atoms with van der Waals surface area (Å²) in [5, 5.41) is 0. The van der Waals surface area contributed by atoms with E-state index in [1.54, 1.807) is 0 Å².